The van der Waals surface area contributed by atoms with E-state index in [0.29, 0.717) is 25.9 Å². The van der Waals surface area contributed by atoms with E-state index in [4.69, 9.17) is 0 Å². The summed E-state index contributed by atoms with van der Waals surface area (Å²) >= 11 is 0. The van der Waals surface area contributed by atoms with Crippen LogP contribution in [0.1, 0.15) is 36.8 Å². The van der Waals surface area contributed by atoms with Gasteiger partial charge in [-0.25, -0.2) is 26.3 Å². The molecule has 0 aliphatic carbocycles. The first-order valence-electron chi connectivity index (χ1n) is 11.5. The first-order chi connectivity index (χ1) is 16.4. The van der Waals surface area contributed by atoms with E-state index in [1.54, 1.807) is 0 Å². The zero-order chi connectivity index (χ0) is 24.3. The molecular formula is C26H32N2O4S2. The van der Waals surface area contributed by atoms with E-state index >= 15 is 0 Å². The number of hydrogen-bond donors (Lipinski definition) is 2. The van der Waals surface area contributed by atoms with Crippen LogP contribution >= 0.6 is 0 Å². The van der Waals surface area contributed by atoms with Crippen LogP contribution in [-0.2, 0) is 32.9 Å². The fourth-order valence-electron chi connectivity index (χ4n) is 3.59. The van der Waals surface area contributed by atoms with Crippen LogP contribution in [-0.4, -0.2) is 29.9 Å². The van der Waals surface area contributed by atoms with Gasteiger partial charge in [0.05, 0.1) is 9.79 Å². The van der Waals surface area contributed by atoms with Crippen LogP contribution in [0.3, 0.4) is 0 Å². The fraction of sp³-hybridized carbons (Fsp3) is 0.308. The Hall–Kier alpha value is -2.52. The molecule has 0 radical (unpaired) electrons. The number of benzene rings is 3. The van der Waals surface area contributed by atoms with Gasteiger partial charge < -0.3 is 0 Å². The van der Waals surface area contributed by atoms with E-state index in [9.17, 15) is 16.8 Å². The Kier molecular flexibility index (Phi) is 9.83. The highest BCUT2D eigenvalue weighted by Gasteiger charge is 2.19. The summed E-state index contributed by atoms with van der Waals surface area (Å²) in [6, 6.07) is 25.5. The molecular weight excluding hydrogens is 468 g/mol. The Bertz CT molecular complexity index is 1140. The fourth-order valence-corrected chi connectivity index (χ4v) is 5.90. The number of unbranched alkanes of at least 4 members (excludes halogenated alkanes) is 2. The van der Waals surface area contributed by atoms with Gasteiger partial charge in [-0.05, 0) is 67.9 Å². The molecule has 0 heterocycles. The van der Waals surface area contributed by atoms with Gasteiger partial charge in [-0.1, -0.05) is 66.7 Å². The van der Waals surface area contributed by atoms with Crippen molar-refractivity contribution in [1.82, 2.24) is 9.44 Å². The minimum absolute atomic E-state index is 0.0532. The first-order valence-corrected chi connectivity index (χ1v) is 14.5. The van der Waals surface area contributed by atoms with Gasteiger partial charge in [0.15, 0.2) is 0 Å². The number of aryl methyl sites for hydroxylation is 2. The molecule has 0 spiro atoms. The molecule has 182 valence electrons. The second-order valence-electron chi connectivity index (χ2n) is 8.16. The van der Waals surface area contributed by atoms with Crippen molar-refractivity contribution in [2.45, 2.75) is 48.3 Å². The van der Waals surface area contributed by atoms with E-state index in [2.05, 4.69) is 9.44 Å². The lowest BCUT2D eigenvalue weighted by atomic mass is 10.1. The Balaban J connectivity index is 1.46. The Morgan fingerprint density at radius 1 is 0.500 bits per heavy atom. The van der Waals surface area contributed by atoms with Crippen molar-refractivity contribution in [2.75, 3.05) is 13.1 Å². The minimum atomic E-state index is -3.79. The van der Waals surface area contributed by atoms with Gasteiger partial charge in [0.1, 0.15) is 0 Å². The molecule has 0 unspecified atom stereocenters. The molecule has 3 aromatic rings. The number of rotatable bonds is 14. The summed E-state index contributed by atoms with van der Waals surface area (Å²) in [4.78, 5) is -0.106. The summed E-state index contributed by atoms with van der Waals surface area (Å²) < 4.78 is 55.8. The third-order valence-corrected chi connectivity index (χ3v) is 8.40. The van der Waals surface area contributed by atoms with Crippen molar-refractivity contribution in [2.24, 2.45) is 0 Å². The van der Waals surface area contributed by atoms with Crippen molar-refractivity contribution in [3.05, 3.63) is 96.1 Å². The van der Waals surface area contributed by atoms with Gasteiger partial charge >= 0.3 is 0 Å². The lowest BCUT2D eigenvalue weighted by Crippen LogP contribution is -2.27. The zero-order valence-corrected chi connectivity index (χ0v) is 20.8. The first kappa shape index (κ1) is 26.1. The Labute approximate surface area is 203 Å². The maximum Gasteiger partial charge on any atom is 0.240 e. The SMILES string of the molecule is O=S(=O)(NCCCCc1ccccc1)c1cccc(S(=O)(=O)NCCCCc2ccccc2)c1. The van der Waals surface area contributed by atoms with Gasteiger partial charge in [0.25, 0.3) is 0 Å². The lowest BCUT2D eigenvalue weighted by Gasteiger charge is -2.10. The third kappa shape index (κ3) is 8.36. The molecule has 6 nitrogen and oxygen atoms in total. The molecule has 8 heteroatoms. The van der Waals surface area contributed by atoms with Gasteiger partial charge in [-0.15, -0.1) is 0 Å². The van der Waals surface area contributed by atoms with Crippen LogP contribution in [0.4, 0.5) is 0 Å². The van der Waals surface area contributed by atoms with Gasteiger partial charge in [-0.3, -0.25) is 0 Å². The highest BCUT2D eigenvalue weighted by atomic mass is 32.2. The van der Waals surface area contributed by atoms with Crippen LogP contribution in [0, 0.1) is 0 Å². The number of hydrogen-bond acceptors (Lipinski definition) is 4. The molecule has 2 N–H and O–H groups in total. The van der Waals surface area contributed by atoms with Gasteiger partial charge in [0.2, 0.25) is 20.0 Å². The second-order valence-corrected chi connectivity index (χ2v) is 11.7. The topological polar surface area (TPSA) is 92.3 Å². The standard InChI is InChI=1S/C26H32N2O4S2/c29-33(30,27-20-9-7-16-23-12-3-1-4-13-23)25-18-11-19-26(22-25)34(31,32)28-21-10-8-17-24-14-5-2-6-15-24/h1-6,11-15,18-19,22,27-28H,7-10,16-17,20-21H2. The predicted octanol–water partition coefficient (Wildman–Crippen LogP) is 4.29. The monoisotopic (exact) mass is 500 g/mol. The molecule has 0 atom stereocenters. The molecule has 0 aromatic heterocycles. The second kappa shape index (κ2) is 12.8. The van der Waals surface area contributed by atoms with E-state index in [1.165, 1.54) is 35.4 Å². The summed E-state index contributed by atoms with van der Waals surface area (Å²) in [6.07, 6.45) is 4.86. The molecule has 34 heavy (non-hydrogen) atoms. The molecule has 3 aromatic carbocycles. The van der Waals surface area contributed by atoms with E-state index < -0.39 is 20.0 Å². The Morgan fingerprint density at radius 2 is 0.912 bits per heavy atom. The van der Waals surface area contributed by atoms with Crippen LogP contribution in [0.2, 0.25) is 0 Å². The smallest absolute Gasteiger partial charge is 0.211 e. The van der Waals surface area contributed by atoms with Crippen LogP contribution < -0.4 is 9.44 Å². The molecule has 0 fully saturated rings. The number of sulfonamides is 2. The normalized spacial score (nSPS) is 12.0. The maximum absolute atomic E-state index is 12.7. The highest BCUT2D eigenvalue weighted by Crippen LogP contribution is 2.16. The molecule has 0 saturated heterocycles. The average molecular weight is 501 g/mol. The summed E-state index contributed by atoms with van der Waals surface area (Å²) in [5.74, 6) is 0. The highest BCUT2D eigenvalue weighted by molar-refractivity contribution is 7.90. The zero-order valence-electron chi connectivity index (χ0n) is 19.2. The van der Waals surface area contributed by atoms with Crippen molar-refractivity contribution in [1.29, 1.82) is 0 Å². The third-order valence-electron chi connectivity index (χ3n) is 5.48. The molecule has 3 rings (SSSR count). The summed E-state index contributed by atoms with van der Waals surface area (Å²) in [5.41, 5.74) is 2.44. The Morgan fingerprint density at radius 3 is 1.32 bits per heavy atom. The lowest BCUT2D eigenvalue weighted by molar-refractivity contribution is 0.574. The summed E-state index contributed by atoms with van der Waals surface area (Å²) in [7, 11) is -7.58. The van der Waals surface area contributed by atoms with E-state index in [1.807, 2.05) is 60.7 Å². The molecule has 0 aliphatic rings. The molecule has 0 amide bonds. The summed E-state index contributed by atoms with van der Waals surface area (Å²) in [5, 5.41) is 0. The van der Waals surface area contributed by atoms with Gasteiger partial charge in [-0.2, -0.15) is 0 Å². The van der Waals surface area contributed by atoms with Gasteiger partial charge in [0, 0.05) is 13.1 Å². The van der Waals surface area contributed by atoms with Crippen molar-refractivity contribution in [3.63, 3.8) is 0 Å². The van der Waals surface area contributed by atoms with Crippen LogP contribution in [0.25, 0.3) is 0 Å². The largest absolute Gasteiger partial charge is 0.240 e. The van der Waals surface area contributed by atoms with Crippen LogP contribution in [0.5, 0.6) is 0 Å². The van der Waals surface area contributed by atoms with Crippen LogP contribution in [0.15, 0.2) is 94.7 Å². The molecule has 0 aliphatic heterocycles. The van der Waals surface area contributed by atoms with E-state index in [0.717, 1.165) is 25.7 Å². The molecule has 0 saturated carbocycles. The quantitative estimate of drug-likeness (QED) is 0.323. The predicted molar refractivity (Wildman–Crippen MR) is 136 cm³/mol. The molecule has 0 bridgehead atoms. The average Bonchev–Trinajstić information content (AvgIpc) is 2.85. The summed E-state index contributed by atoms with van der Waals surface area (Å²) in [6.45, 7) is 0.595. The maximum atomic E-state index is 12.7. The number of nitrogens with one attached hydrogen (secondary N) is 2. The minimum Gasteiger partial charge on any atom is -0.211 e. The van der Waals surface area contributed by atoms with Crippen molar-refractivity contribution < 1.29 is 16.8 Å². The van der Waals surface area contributed by atoms with Crippen molar-refractivity contribution in [3.8, 4) is 0 Å². The van der Waals surface area contributed by atoms with E-state index in [-0.39, 0.29) is 9.79 Å². The van der Waals surface area contributed by atoms with Crippen molar-refractivity contribution >= 4 is 20.0 Å².